The number of anilines is 1. The van der Waals surface area contributed by atoms with Gasteiger partial charge in [0.25, 0.3) is 5.56 Å². The number of aromatic nitrogens is 2. The summed E-state index contributed by atoms with van der Waals surface area (Å²) in [6, 6.07) is 5.42. The fourth-order valence-electron chi connectivity index (χ4n) is 2.76. The molecule has 3 rings (SSSR count). The summed E-state index contributed by atoms with van der Waals surface area (Å²) in [5.74, 6) is 0.0558. The Balaban J connectivity index is 1.96. The number of hydrogen-bond donors (Lipinski definition) is 2. The summed E-state index contributed by atoms with van der Waals surface area (Å²) in [5, 5.41) is 4.37. The molecule has 2 heterocycles. The van der Waals surface area contributed by atoms with Gasteiger partial charge in [0.1, 0.15) is 15.5 Å². The first-order chi connectivity index (χ1) is 12.8. The van der Waals surface area contributed by atoms with Crippen LogP contribution in [0.5, 0.6) is 0 Å². The van der Waals surface area contributed by atoms with E-state index < -0.39 is 5.97 Å². The molecule has 27 heavy (non-hydrogen) atoms. The fraction of sp³-hybridized carbons (Fsp3) is 0.316. The van der Waals surface area contributed by atoms with Crippen molar-refractivity contribution < 1.29 is 9.53 Å². The number of carbonyl (C=O) groups excluding carboxylic acids is 1. The molecule has 3 aromatic rings. The van der Waals surface area contributed by atoms with E-state index >= 15 is 0 Å². The van der Waals surface area contributed by atoms with Crippen LogP contribution in [-0.4, -0.2) is 22.5 Å². The second kappa shape index (κ2) is 7.70. The SMILES string of the molecule is CCOC(=O)c1sc2nc([C@@H](C)Nc3ccc(C)c(Cl)c3)[nH]c(=O)c2c1C. The van der Waals surface area contributed by atoms with Crippen LogP contribution < -0.4 is 10.9 Å². The molecule has 0 unspecified atom stereocenters. The van der Waals surface area contributed by atoms with Crippen LogP contribution in [-0.2, 0) is 4.74 Å². The van der Waals surface area contributed by atoms with Crippen molar-refractivity contribution in [3.63, 3.8) is 0 Å². The van der Waals surface area contributed by atoms with Crippen LogP contribution in [0.25, 0.3) is 10.2 Å². The maximum absolute atomic E-state index is 12.6. The van der Waals surface area contributed by atoms with Gasteiger partial charge in [0.15, 0.2) is 0 Å². The van der Waals surface area contributed by atoms with Gasteiger partial charge in [-0.15, -0.1) is 11.3 Å². The number of fused-ring (bicyclic) bond motifs is 1. The Morgan fingerprint density at radius 2 is 2.15 bits per heavy atom. The number of esters is 1. The maximum Gasteiger partial charge on any atom is 0.348 e. The molecule has 0 aliphatic carbocycles. The maximum atomic E-state index is 12.6. The Kier molecular flexibility index (Phi) is 5.53. The van der Waals surface area contributed by atoms with E-state index in [-0.39, 0.29) is 18.2 Å². The summed E-state index contributed by atoms with van der Waals surface area (Å²) in [6.45, 7) is 7.58. The van der Waals surface area contributed by atoms with E-state index in [9.17, 15) is 9.59 Å². The van der Waals surface area contributed by atoms with E-state index in [2.05, 4.69) is 15.3 Å². The quantitative estimate of drug-likeness (QED) is 0.606. The van der Waals surface area contributed by atoms with Crippen LogP contribution in [0.2, 0.25) is 5.02 Å². The van der Waals surface area contributed by atoms with Gasteiger partial charge in [-0.25, -0.2) is 9.78 Å². The molecule has 0 saturated heterocycles. The van der Waals surface area contributed by atoms with E-state index in [1.807, 2.05) is 32.0 Å². The van der Waals surface area contributed by atoms with Crippen LogP contribution in [0.4, 0.5) is 5.69 Å². The Morgan fingerprint density at radius 1 is 1.41 bits per heavy atom. The van der Waals surface area contributed by atoms with Crippen molar-refractivity contribution in [3.05, 3.63) is 55.4 Å². The standard InChI is InChI=1S/C19H20ClN3O3S/c1-5-26-19(25)15-10(3)14-17(24)22-16(23-18(14)27-15)11(4)21-12-7-6-9(2)13(20)8-12/h6-8,11,21H,5H2,1-4H3,(H,22,23,24)/t11-/m1/s1. The van der Waals surface area contributed by atoms with Gasteiger partial charge in [-0.1, -0.05) is 17.7 Å². The zero-order chi connectivity index (χ0) is 19.7. The molecular formula is C19H20ClN3O3S. The molecule has 142 valence electrons. The highest BCUT2D eigenvalue weighted by atomic mass is 35.5. The third kappa shape index (κ3) is 3.84. The van der Waals surface area contributed by atoms with E-state index in [0.29, 0.717) is 31.5 Å². The predicted molar refractivity (Wildman–Crippen MR) is 109 cm³/mol. The van der Waals surface area contributed by atoms with Crippen molar-refractivity contribution in [2.45, 2.75) is 33.7 Å². The second-order valence-corrected chi connectivity index (χ2v) is 7.64. The first-order valence-corrected chi connectivity index (χ1v) is 9.74. The number of carbonyl (C=O) groups is 1. The summed E-state index contributed by atoms with van der Waals surface area (Å²) in [4.78, 5) is 33.0. The van der Waals surface area contributed by atoms with Gasteiger partial charge in [-0.2, -0.15) is 0 Å². The van der Waals surface area contributed by atoms with Gasteiger partial charge >= 0.3 is 5.97 Å². The molecular weight excluding hydrogens is 386 g/mol. The second-order valence-electron chi connectivity index (χ2n) is 6.24. The summed E-state index contributed by atoms with van der Waals surface area (Å²) in [5.41, 5.74) is 2.15. The first kappa shape index (κ1) is 19.4. The Bertz CT molecular complexity index is 1070. The van der Waals surface area contributed by atoms with Crippen LogP contribution in [0.15, 0.2) is 23.0 Å². The number of aromatic amines is 1. The van der Waals surface area contributed by atoms with Crippen LogP contribution in [0.3, 0.4) is 0 Å². The molecule has 0 radical (unpaired) electrons. The van der Waals surface area contributed by atoms with Crippen molar-refractivity contribution in [2.75, 3.05) is 11.9 Å². The van der Waals surface area contributed by atoms with Gasteiger partial charge in [0, 0.05) is 10.7 Å². The van der Waals surface area contributed by atoms with E-state index in [0.717, 1.165) is 11.3 Å². The molecule has 1 aromatic carbocycles. The zero-order valence-electron chi connectivity index (χ0n) is 15.5. The van der Waals surface area contributed by atoms with Gasteiger partial charge in [0.2, 0.25) is 0 Å². The number of benzene rings is 1. The minimum absolute atomic E-state index is 0.255. The molecule has 0 spiro atoms. The van der Waals surface area contributed by atoms with Gasteiger partial charge in [-0.3, -0.25) is 4.79 Å². The van der Waals surface area contributed by atoms with E-state index in [1.54, 1.807) is 13.8 Å². The summed E-state index contributed by atoms with van der Waals surface area (Å²) >= 11 is 7.34. The lowest BCUT2D eigenvalue weighted by Crippen LogP contribution is -2.17. The number of halogens is 1. The molecule has 0 bridgehead atoms. The topological polar surface area (TPSA) is 84.1 Å². The molecule has 0 amide bonds. The Morgan fingerprint density at radius 3 is 2.81 bits per heavy atom. The number of aryl methyl sites for hydroxylation is 2. The van der Waals surface area contributed by atoms with E-state index in [1.165, 1.54) is 11.3 Å². The molecule has 2 N–H and O–H groups in total. The average Bonchev–Trinajstić information content (AvgIpc) is 2.95. The third-order valence-electron chi connectivity index (χ3n) is 4.24. The molecule has 1 atom stereocenters. The number of hydrogen-bond acceptors (Lipinski definition) is 6. The number of rotatable bonds is 5. The van der Waals surface area contributed by atoms with Crippen molar-refractivity contribution in [1.29, 1.82) is 0 Å². The lowest BCUT2D eigenvalue weighted by molar-refractivity contribution is 0.0531. The monoisotopic (exact) mass is 405 g/mol. The highest BCUT2D eigenvalue weighted by Gasteiger charge is 2.21. The summed E-state index contributed by atoms with van der Waals surface area (Å²) < 4.78 is 5.06. The lowest BCUT2D eigenvalue weighted by atomic mass is 10.2. The molecule has 2 aromatic heterocycles. The predicted octanol–water partition coefficient (Wildman–Crippen LogP) is 4.60. The summed E-state index contributed by atoms with van der Waals surface area (Å²) in [7, 11) is 0. The molecule has 8 heteroatoms. The van der Waals surface area contributed by atoms with Gasteiger partial charge in [-0.05, 0) is 51.0 Å². The lowest BCUT2D eigenvalue weighted by Gasteiger charge is -2.15. The Hall–Kier alpha value is -2.38. The molecule has 6 nitrogen and oxygen atoms in total. The number of thiophene rings is 1. The highest BCUT2D eigenvalue weighted by molar-refractivity contribution is 7.20. The minimum Gasteiger partial charge on any atom is -0.462 e. The summed E-state index contributed by atoms with van der Waals surface area (Å²) in [6.07, 6.45) is 0. The van der Waals surface area contributed by atoms with Crippen molar-refractivity contribution in [1.82, 2.24) is 9.97 Å². The molecule has 0 aliphatic rings. The molecule has 0 fully saturated rings. The molecule has 0 saturated carbocycles. The minimum atomic E-state index is -0.431. The van der Waals surface area contributed by atoms with Crippen molar-refractivity contribution in [3.8, 4) is 0 Å². The normalized spacial score (nSPS) is 12.2. The van der Waals surface area contributed by atoms with Crippen molar-refractivity contribution in [2.24, 2.45) is 0 Å². The highest BCUT2D eigenvalue weighted by Crippen LogP contribution is 2.29. The average molecular weight is 406 g/mol. The first-order valence-electron chi connectivity index (χ1n) is 8.55. The van der Waals surface area contributed by atoms with Crippen LogP contribution in [0.1, 0.15) is 46.5 Å². The van der Waals surface area contributed by atoms with Crippen LogP contribution >= 0.6 is 22.9 Å². The van der Waals surface area contributed by atoms with Crippen LogP contribution in [0, 0.1) is 13.8 Å². The Labute approximate surface area is 165 Å². The smallest absolute Gasteiger partial charge is 0.348 e. The third-order valence-corrected chi connectivity index (χ3v) is 5.82. The van der Waals surface area contributed by atoms with Gasteiger partial charge in [0.05, 0.1) is 18.0 Å². The number of nitrogens with zero attached hydrogens (tertiary/aromatic N) is 1. The van der Waals surface area contributed by atoms with Gasteiger partial charge < -0.3 is 15.0 Å². The van der Waals surface area contributed by atoms with Crippen molar-refractivity contribution >= 4 is 44.8 Å². The largest absolute Gasteiger partial charge is 0.462 e. The zero-order valence-corrected chi connectivity index (χ0v) is 17.0. The number of ether oxygens (including phenoxy) is 1. The number of H-pyrrole nitrogens is 1. The molecule has 0 aliphatic heterocycles. The van der Waals surface area contributed by atoms with E-state index in [4.69, 9.17) is 16.3 Å². The number of nitrogens with one attached hydrogen (secondary N) is 2. The fourth-order valence-corrected chi connectivity index (χ4v) is 4.02.